The highest BCUT2D eigenvalue weighted by atomic mass is 19.1. The van der Waals surface area contributed by atoms with Crippen LogP contribution in [0.3, 0.4) is 0 Å². The van der Waals surface area contributed by atoms with Gasteiger partial charge < -0.3 is 9.64 Å². The summed E-state index contributed by atoms with van der Waals surface area (Å²) in [6.07, 6.45) is 2.59. The monoisotopic (exact) mass is 435 g/mol. The number of nitrogens with zero attached hydrogens (tertiary/aromatic N) is 3. The topological polar surface area (TPSA) is 64.4 Å². The number of halogens is 1. The lowest BCUT2D eigenvalue weighted by Gasteiger charge is -2.17. The average Bonchev–Trinajstić information content (AvgIpc) is 3.21. The third-order valence-corrected chi connectivity index (χ3v) is 5.83. The van der Waals surface area contributed by atoms with E-state index in [-0.39, 0.29) is 11.4 Å². The van der Waals surface area contributed by atoms with Crippen LogP contribution >= 0.6 is 0 Å². The number of rotatable bonds is 7. The summed E-state index contributed by atoms with van der Waals surface area (Å²) in [5, 5.41) is 0.398. The van der Waals surface area contributed by atoms with E-state index in [2.05, 4.69) is 23.7 Å². The van der Waals surface area contributed by atoms with Crippen LogP contribution in [0.1, 0.15) is 42.0 Å². The Morgan fingerprint density at radius 2 is 1.94 bits per heavy atom. The summed E-state index contributed by atoms with van der Waals surface area (Å²) in [5.74, 6) is -0.121. The van der Waals surface area contributed by atoms with Crippen molar-refractivity contribution in [2.75, 3.05) is 26.2 Å². The zero-order chi connectivity index (χ0) is 22.7. The maximum absolute atomic E-state index is 13.2. The van der Waals surface area contributed by atoms with E-state index in [1.54, 1.807) is 34.9 Å². The molecule has 0 N–H and O–H groups in total. The molecule has 0 saturated carbocycles. The van der Waals surface area contributed by atoms with E-state index in [9.17, 15) is 14.0 Å². The second-order valence-corrected chi connectivity index (χ2v) is 7.76. The van der Waals surface area contributed by atoms with Crippen molar-refractivity contribution in [2.24, 2.45) is 0 Å². The molecule has 2 aromatic carbocycles. The number of esters is 1. The lowest BCUT2D eigenvalue weighted by Crippen LogP contribution is -2.28. The highest BCUT2D eigenvalue weighted by molar-refractivity contribution is 5.94. The van der Waals surface area contributed by atoms with Gasteiger partial charge in [-0.2, -0.15) is 0 Å². The Hall–Kier alpha value is -3.32. The number of hydrogen-bond donors (Lipinski definition) is 0. The minimum atomic E-state index is -0.444. The number of hydrogen-bond acceptors (Lipinski definition) is 5. The Morgan fingerprint density at radius 3 is 2.66 bits per heavy atom. The Balaban J connectivity index is 1.59. The van der Waals surface area contributed by atoms with E-state index in [0.717, 1.165) is 24.2 Å². The van der Waals surface area contributed by atoms with E-state index in [4.69, 9.17) is 4.74 Å². The molecule has 1 aromatic heterocycles. The lowest BCUT2D eigenvalue weighted by atomic mass is 10.1. The number of likely N-dealkylation sites (N-methyl/N-ethyl adjacent to an activating group) is 1. The van der Waals surface area contributed by atoms with Crippen LogP contribution < -0.4 is 5.56 Å². The fraction of sp³-hybridized carbons (Fsp3) is 0.320. The average molecular weight is 435 g/mol. The molecular weight excluding hydrogens is 409 g/mol. The molecular formula is C25H26FN3O3. The summed E-state index contributed by atoms with van der Waals surface area (Å²) in [6.45, 7) is 7.42. The van der Waals surface area contributed by atoms with Gasteiger partial charge in [-0.15, -0.1) is 0 Å². The summed E-state index contributed by atoms with van der Waals surface area (Å²) in [5.41, 5.74) is 2.48. The van der Waals surface area contributed by atoms with Crippen molar-refractivity contribution in [3.8, 4) is 0 Å². The first kappa shape index (κ1) is 21.9. The highest BCUT2D eigenvalue weighted by Gasteiger charge is 2.21. The number of aromatic nitrogens is 2. The summed E-state index contributed by atoms with van der Waals surface area (Å²) in [6, 6.07) is 11.1. The van der Waals surface area contributed by atoms with Gasteiger partial charge in [-0.05, 0) is 67.1 Å². The zero-order valence-electron chi connectivity index (χ0n) is 18.3. The standard InChI is InChI=1S/C25H26FN3O3/c1-3-28(4-2)13-14-32-25(31)19-7-10-22-21(16-19)24(30)29-12-11-18(23(29)27-22)15-17-5-8-20(26)9-6-17/h5-10,15-16H,3-4,11-14H2,1-2H3. The van der Waals surface area contributed by atoms with E-state index in [1.807, 2.05) is 6.08 Å². The third-order valence-electron chi connectivity index (χ3n) is 5.83. The first-order valence-electron chi connectivity index (χ1n) is 10.9. The maximum Gasteiger partial charge on any atom is 0.338 e. The van der Waals surface area contributed by atoms with Crippen LogP contribution in [0.25, 0.3) is 22.6 Å². The number of benzene rings is 2. The van der Waals surface area contributed by atoms with E-state index in [0.29, 0.717) is 48.4 Å². The molecule has 2 heterocycles. The molecule has 3 aromatic rings. The molecule has 166 valence electrons. The Morgan fingerprint density at radius 1 is 1.19 bits per heavy atom. The van der Waals surface area contributed by atoms with Gasteiger partial charge in [0, 0.05) is 13.1 Å². The minimum Gasteiger partial charge on any atom is -0.461 e. The molecule has 1 aliphatic heterocycles. The van der Waals surface area contributed by atoms with Crippen molar-refractivity contribution >= 4 is 28.5 Å². The fourth-order valence-corrected chi connectivity index (χ4v) is 3.93. The van der Waals surface area contributed by atoms with Gasteiger partial charge in [-0.1, -0.05) is 26.0 Å². The summed E-state index contributed by atoms with van der Waals surface area (Å²) in [4.78, 5) is 32.4. The van der Waals surface area contributed by atoms with Gasteiger partial charge in [0.25, 0.3) is 5.56 Å². The molecule has 0 fully saturated rings. The first-order valence-corrected chi connectivity index (χ1v) is 10.9. The maximum atomic E-state index is 13.2. The zero-order valence-corrected chi connectivity index (χ0v) is 18.3. The number of fused-ring (bicyclic) bond motifs is 2. The van der Waals surface area contributed by atoms with Gasteiger partial charge in [-0.25, -0.2) is 14.2 Å². The van der Waals surface area contributed by atoms with Crippen LogP contribution in [-0.2, 0) is 11.3 Å². The van der Waals surface area contributed by atoms with Gasteiger partial charge >= 0.3 is 5.97 Å². The summed E-state index contributed by atoms with van der Waals surface area (Å²) >= 11 is 0. The van der Waals surface area contributed by atoms with Crippen LogP contribution in [0, 0.1) is 5.82 Å². The van der Waals surface area contributed by atoms with Crippen LogP contribution in [-0.4, -0.2) is 46.7 Å². The number of ether oxygens (including phenoxy) is 1. The minimum absolute atomic E-state index is 0.176. The number of allylic oxidation sites excluding steroid dienone is 1. The third kappa shape index (κ3) is 4.48. The van der Waals surface area contributed by atoms with Gasteiger partial charge in [0.2, 0.25) is 0 Å². The van der Waals surface area contributed by atoms with Crippen LogP contribution in [0.15, 0.2) is 47.3 Å². The molecule has 0 amide bonds. The summed E-state index contributed by atoms with van der Waals surface area (Å²) in [7, 11) is 0. The molecule has 6 nitrogen and oxygen atoms in total. The number of carbonyl (C=O) groups is 1. The van der Waals surface area contributed by atoms with Gasteiger partial charge in [0.1, 0.15) is 18.2 Å². The van der Waals surface area contributed by atoms with E-state index < -0.39 is 5.97 Å². The van der Waals surface area contributed by atoms with Crippen molar-refractivity contribution in [3.05, 3.63) is 75.6 Å². The molecule has 0 bridgehead atoms. The lowest BCUT2D eigenvalue weighted by molar-refractivity contribution is 0.0466. The van der Waals surface area contributed by atoms with Crippen molar-refractivity contribution < 1.29 is 13.9 Å². The molecule has 4 rings (SSSR count). The van der Waals surface area contributed by atoms with Crippen molar-refractivity contribution in [2.45, 2.75) is 26.8 Å². The van der Waals surface area contributed by atoms with Gasteiger partial charge in [-0.3, -0.25) is 9.36 Å². The molecule has 0 unspecified atom stereocenters. The van der Waals surface area contributed by atoms with Crippen molar-refractivity contribution in [1.29, 1.82) is 0 Å². The molecule has 0 spiro atoms. The van der Waals surface area contributed by atoms with Gasteiger partial charge in [0.05, 0.1) is 16.5 Å². The van der Waals surface area contributed by atoms with Crippen LogP contribution in [0.4, 0.5) is 4.39 Å². The van der Waals surface area contributed by atoms with Crippen molar-refractivity contribution in [3.63, 3.8) is 0 Å². The normalized spacial score (nSPS) is 14.3. The van der Waals surface area contributed by atoms with Crippen LogP contribution in [0.5, 0.6) is 0 Å². The van der Waals surface area contributed by atoms with E-state index in [1.165, 1.54) is 12.1 Å². The molecule has 1 aliphatic rings. The Bertz CT molecular complexity index is 1230. The first-order chi connectivity index (χ1) is 15.5. The largest absolute Gasteiger partial charge is 0.461 e. The van der Waals surface area contributed by atoms with Crippen molar-refractivity contribution in [1.82, 2.24) is 14.5 Å². The molecule has 7 heteroatoms. The number of carbonyl (C=O) groups excluding carboxylic acids is 1. The molecule has 0 aliphatic carbocycles. The SMILES string of the molecule is CCN(CC)CCOC(=O)c1ccc2nc3n(c(=O)c2c1)CCC3=Cc1ccc(F)cc1. The Labute approximate surface area is 186 Å². The van der Waals surface area contributed by atoms with Gasteiger partial charge in [0.15, 0.2) is 0 Å². The molecule has 0 radical (unpaired) electrons. The second kappa shape index (κ2) is 9.44. The predicted molar refractivity (Wildman–Crippen MR) is 123 cm³/mol. The molecule has 0 atom stereocenters. The molecule has 32 heavy (non-hydrogen) atoms. The smallest absolute Gasteiger partial charge is 0.338 e. The van der Waals surface area contributed by atoms with E-state index >= 15 is 0 Å². The summed E-state index contributed by atoms with van der Waals surface area (Å²) < 4.78 is 20.2. The predicted octanol–water partition coefficient (Wildman–Crippen LogP) is 3.98. The highest BCUT2D eigenvalue weighted by Crippen LogP contribution is 2.27. The fourth-order valence-electron chi connectivity index (χ4n) is 3.93. The second-order valence-electron chi connectivity index (χ2n) is 7.76. The Kier molecular flexibility index (Phi) is 6.46. The quantitative estimate of drug-likeness (QED) is 0.526. The van der Waals surface area contributed by atoms with Crippen LogP contribution in [0.2, 0.25) is 0 Å². The molecule has 0 saturated heterocycles.